The van der Waals surface area contributed by atoms with Gasteiger partial charge in [0.1, 0.15) is 18.0 Å². The number of hydrogen-bond acceptors (Lipinski definition) is 7. The number of carbonyl (C=O) groups excluding carboxylic acids is 1. The molecule has 1 aliphatic rings. The fourth-order valence-corrected chi connectivity index (χ4v) is 4.33. The molecule has 0 aliphatic carbocycles. The van der Waals surface area contributed by atoms with Gasteiger partial charge in [0.25, 0.3) is 0 Å². The van der Waals surface area contributed by atoms with Gasteiger partial charge in [0.05, 0.1) is 28.2 Å². The second-order valence-corrected chi connectivity index (χ2v) is 9.71. The molecule has 28 heavy (non-hydrogen) atoms. The molecule has 1 fully saturated rings. The fraction of sp³-hybridized carbons (Fsp3) is 0.650. The highest BCUT2D eigenvalue weighted by molar-refractivity contribution is 7.13. The first-order valence-corrected chi connectivity index (χ1v) is 10.6. The molecule has 0 unspecified atom stereocenters. The first-order valence-electron chi connectivity index (χ1n) is 9.68. The van der Waals surface area contributed by atoms with E-state index in [9.17, 15) is 9.90 Å². The van der Waals surface area contributed by atoms with Crippen LogP contribution in [0.4, 0.5) is 0 Å². The number of hydrogen-bond donors (Lipinski definition) is 2. The third kappa shape index (κ3) is 4.29. The van der Waals surface area contributed by atoms with Crippen LogP contribution in [0, 0.1) is 12.3 Å². The van der Waals surface area contributed by atoms with E-state index in [1.165, 1.54) is 11.3 Å². The Bertz CT molecular complexity index is 824. The maximum absolute atomic E-state index is 13.4. The molecule has 0 spiro atoms. The number of thiazole rings is 1. The number of nitrogens with zero attached hydrogens (tertiary/aromatic N) is 3. The molecule has 2 N–H and O–H groups in total. The summed E-state index contributed by atoms with van der Waals surface area (Å²) in [6.07, 6.45) is 1.44. The van der Waals surface area contributed by atoms with E-state index in [0.717, 1.165) is 16.3 Å². The number of aromatic nitrogens is 2. The third-order valence-corrected chi connectivity index (χ3v) is 5.91. The summed E-state index contributed by atoms with van der Waals surface area (Å²) < 4.78 is 5.74. The van der Waals surface area contributed by atoms with E-state index < -0.39 is 6.10 Å². The van der Waals surface area contributed by atoms with Crippen molar-refractivity contribution in [2.24, 2.45) is 5.41 Å². The lowest BCUT2D eigenvalue weighted by Crippen LogP contribution is -2.54. The number of aliphatic hydroxyl groups excluding tert-OH is 1. The number of aliphatic hydroxyl groups is 1. The molecule has 3 rings (SSSR count). The number of aryl methyl sites for hydroxylation is 1. The molecular weight excluding hydrogens is 376 g/mol. The van der Waals surface area contributed by atoms with Crippen LogP contribution in [-0.4, -0.2) is 50.6 Å². The molecule has 0 saturated carbocycles. The Morgan fingerprint density at radius 1 is 1.43 bits per heavy atom. The number of nitrogens with one attached hydrogen (secondary N) is 1. The van der Waals surface area contributed by atoms with Gasteiger partial charge >= 0.3 is 0 Å². The summed E-state index contributed by atoms with van der Waals surface area (Å²) in [4.78, 5) is 25.0. The molecule has 3 atom stereocenters. The summed E-state index contributed by atoms with van der Waals surface area (Å²) in [6, 6.07) is -0.566. The van der Waals surface area contributed by atoms with E-state index in [2.05, 4.69) is 15.3 Å². The molecule has 1 aliphatic heterocycles. The first kappa shape index (κ1) is 21.0. The molecule has 1 amide bonds. The lowest BCUT2D eigenvalue weighted by Gasteiger charge is -2.36. The van der Waals surface area contributed by atoms with Crippen molar-refractivity contribution in [1.29, 1.82) is 0 Å². The van der Waals surface area contributed by atoms with Gasteiger partial charge in [0.15, 0.2) is 0 Å². The van der Waals surface area contributed by atoms with Crippen LogP contribution in [-0.2, 0) is 4.79 Å². The molecule has 0 aromatic carbocycles. The van der Waals surface area contributed by atoms with Crippen molar-refractivity contribution >= 4 is 17.2 Å². The van der Waals surface area contributed by atoms with Crippen molar-refractivity contribution in [3.8, 4) is 10.6 Å². The number of amides is 1. The van der Waals surface area contributed by atoms with Gasteiger partial charge in [0.2, 0.25) is 11.8 Å². The van der Waals surface area contributed by atoms with Gasteiger partial charge in [-0.1, -0.05) is 34.6 Å². The van der Waals surface area contributed by atoms with E-state index >= 15 is 0 Å². The number of oxazole rings is 1. The zero-order valence-electron chi connectivity index (χ0n) is 17.4. The molecule has 0 radical (unpaired) electrons. The maximum Gasteiger partial charge on any atom is 0.241 e. The number of carbonyl (C=O) groups is 1. The SMILES string of the molecule is Cc1ncsc1-c1coc([C@@H]2C[C@@H](O)CN2C(=O)[C@@H](NC(C)C)C(C)(C)C)n1. The van der Waals surface area contributed by atoms with Crippen LogP contribution in [0.25, 0.3) is 10.6 Å². The second kappa shape index (κ2) is 7.93. The van der Waals surface area contributed by atoms with Gasteiger partial charge < -0.3 is 19.7 Å². The minimum Gasteiger partial charge on any atom is -0.446 e. The van der Waals surface area contributed by atoms with E-state index in [0.29, 0.717) is 12.3 Å². The van der Waals surface area contributed by atoms with Crippen LogP contribution in [0.5, 0.6) is 0 Å². The van der Waals surface area contributed by atoms with Crippen LogP contribution < -0.4 is 5.32 Å². The quantitative estimate of drug-likeness (QED) is 0.793. The molecule has 7 nitrogen and oxygen atoms in total. The first-order chi connectivity index (χ1) is 13.1. The van der Waals surface area contributed by atoms with Crippen molar-refractivity contribution in [3.63, 3.8) is 0 Å². The van der Waals surface area contributed by atoms with Gasteiger partial charge in [-0.3, -0.25) is 4.79 Å². The lowest BCUT2D eigenvalue weighted by molar-refractivity contribution is -0.138. The van der Waals surface area contributed by atoms with Gasteiger partial charge in [-0.2, -0.15) is 0 Å². The van der Waals surface area contributed by atoms with Gasteiger partial charge in [-0.15, -0.1) is 11.3 Å². The highest BCUT2D eigenvalue weighted by atomic mass is 32.1. The molecule has 154 valence electrons. The lowest BCUT2D eigenvalue weighted by atomic mass is 9.85. The van der Waals surface area contributed by atoms with E-state index in [-0.39, 0.29) is 36.0 Å². The van der Waals surface area contributed by atoms with Crippen LogP contribution in [0.3, 0.4) is 0 Å². The van der Waals surface area contributed by atoms with Crippen LogP contribution in [0.1, 0.15) is 58.7 Å². The Balaban J connectivity index is 1.88. The maximum atomic E-state index is 13.4. The van der Waals surface area contributed by atoms with E-state index in [4.69, 9.17) is 4.42 Å². The topological polar surface area (TPSA) is 91.5 Å². The van der Waals surface area contributed by atoms with E-state index in [1.807, 2.05) is 41.5 Å². The number of likely N-dealkylation sites (tertiary alicyclic amines) is 1. The van der Waals surface area contributed by atoms with Gasteiger partial charge in [-0.05, 0) is 12.3 Å². The summed E-state index contributed by atoms with van der Waals surface area (Å²) in [5.41, 5.74) is 3.13. The average Bonchev–Trinajstić information content (AvgIpc) is 3.29. The summed E-state index contributed by atoms with van der Waals surface area (Å²) >= 11 is 1.51. The Hall–Kier alpha value is -1.77. The standard InChI is InChI=1S/C20H30N4O3S/c1-11(2)22-17(20(4,5)6)19(26)24-8-13(25)7-15(24)18-23-14(9-27-18)16-12(3)21-10-28-16/h9-11,13,15,17,22,25H,7-8H2,1-6H3/t13-,15+,17-/m1/s1. The third-order valence-electron chi connectivity index (χ3n) is 4.96. The van der Waals surface area contributed by atoms with Crippen LogP contribution in [0.15, 0.2) is 16.2 Å². The smallest absolute Gasteiger partial charge is 0.241 e. The molecule has 2 aromatic heterocycles. The molecule has 2 aromatic rings. The zero-order chi connectivity index (χ0) is 20.6. The molecular formula is C20H30N4O3S. The predicted molar refractivity (Wildman–Crippen MR) is 109 cm³/mol. The minimum absolute atomic E-state index is 0.0310. The Morgan fingerprint density at radius 2 is 2.14 bits per heavy atom. The molecule has 8 heteroatoms. The number of β-amino-alcohol motifs (C(OH)–C–C–N with tert-alkyl or cyclic N) is 1. The summed E-state index contributed by atoms with van der Waals surface area (Å²) in [5.74, 6) is 0.432. The summed E-state index contributed by atoms with van der Waals surface area (Å²) in [6.45, 7) is 12.4. The summed E-state index contributed by atoms with van der Waals surface area (Å²) in [7, 11) is 0. The Kier molecular flexibility index (Phi) is 5.93. The molecule has 1 saturated heterocycles. The fourth-order valence-electron chi connectivity index (χ4n) is 3.58. The van der Waals surface area contributed by atoms with Crippen molar-refractivity contribution < 1.29 is 14.3 Å². The normalized spacial score (nSPS) is 21.5. The van der Waals surface area contributed by atoms with Crippen LogP contribution in [0.2, 0.25) is 0 Å². The van der Waals surface area contributed by atoms with Crippen molar-refractivity contribution in [2.75, 3.05) is 6.54 Å². The largest absolute Gasteiger partial charge is 0.446 e. The van der Waals surface area contributed by atoms with Gasteiger partial charge in [0, 0.05) is 19.0 Å². The highest BCUT2D eigenvalue weighted by Crippen LogP contribution is 2.36. The highest BCUT2D eigenvalue weighted by Gasteiger charge is 2.43. The average molecular weight is 407 g/mol. The zero-order valence-corrected chi connectivity index (χ0v) is 18.2. The Morgan fingerprint density at radius 3 is 2.71 bits per heavy atom. The van der Waals surface area contributed by atoms with Crippen molar-refractivity contribution in [1.82, 2.24) is 20.2 Å². The summed E-state index contributed by atoms with van der Waals surface area (Å²) in [5, 5.41) is 13.7. The predicted octanol–water partition coefficient (Wildman–Crippen LogP) is 3.15. The molecule has 3 heterocycles. The molecule has 0 bridgehead atoms. The van der Waals surface area contributed by atoms with Crippen molar-refractivity contribution in [2.45, 2.75) is 72.2 Å². The van der Waals surface area contributed by atoms with Crippen LogP contribution >= 0.6 is 11.3 Å². The Labute approximate surface area is 170 Å². The van der Waals surface area contributed by atoms with E-state index in [1.54, 1.807) is 16.7 Å². The van der Waals surface area contributed by atoms with Gasteiger partial charge in [-0.25, -0.2) is 9.97 Å². The van der Waals surface area contributed by atoms with Crippen molar-refractivity contribution in [3.05, 3.63) is 23.4 Å². The number of rotatable bonds is 5. The monoisotopic (exact) mass is 406 g/mol. The second-order valence-electron chi connectivity index (χ2n) is 8.85. The minimum atomic E-state index is -0.589.